The number of rotatable bonds is 2. The van der Waals surface area contributed by atoms with Gasteiger partial charge in [-0.05, 0) is 29.8 Å². The molecule has 0 atom stereocenters. The Hall–Kier alpha value is -3.02. The zero-order valence-electron chi connectivity index (χ0n) is 11.6. The summed E-state index contributed by atoms with van der Waals surface area (Å²) in [5, 5.41) is 8.77. The molecule has 0 saturated carbocycles. The number of anilines is 1. The van der Waals surface area contributed by atoms with E-state index in [1.54, 1.807) is 30.7 Å². The summed E-state index contributed by atoms with van der Waals surface area (Å²) in [5.41, 5.74) is 6.57. The minimum absolute atomic E-state index is 0.263. The normalized spacial score (nSPS) is 12.8. The van der Waals surface area contributed by atoms with Crippen molar-refractivity contribution >= 4 is 12.0 Å². The monoisotopic (exact) mass is 293 g/mol. The second-order valence-corrected chi connectivity index (χ2v) is 4.92. The van der Waals surface area contributed by atoms with Crippen LogP contribution in [0.1, 0.15) is 0 Å². The Labute approximate surface area is 126 Å². The molecule has 0 bridgehead atoms. The average molecular weight is 293 g/mol. The summed E-state index contributed by atoms with van der Waals surface area (Å²) in [6.07, 6.45) is 5.21. The van der Waals surface area contributed by atoms with Crippen molar-refractivity contribution in [2.75, 3.05) is 5.43 Å². The lowest BCUT2D eigenvalue weighted by atomic mass is 10.0. The maximum atomic E-state index is 13.2. The highest BCUT2D eigenvalue weighted by atomic mass is 19.1. The second-order valence-electron chi connectivity index (χ2n) is 4.92. The van der Waals surface area contributed by atoms with Gasteiger partial charge in [0.1, 0.15) is 11.5 Å². The zero-order valence-corrected chi connectivity index (χ0v) is 11.6. The van der Waals surface area contributed by atoms with Crippen LogP contribution in [-0.4, -0.2) is 21.0 Å². The highest BCUT2D eigenvalue weighted by Gasteiger charge is 2.21. The average Bonchev–Trinajstić information content (AvgIpc) is 2.96. The van der Waals surface area contributed by atoms with Gasteiger partial charge in [-0.15, -0.1) is 0 Å². The molecule has 6 heteroatoms. The van der Waals surface area contributed by atoms with Crippen LogP contribution in [0.5, 0.6) is 0 Å². The summed E-state index contributed by atoms with van der Waals surface area (Å²) in [6.45, 7) is 0.599. The smallest absolute Gasteiger partial charge is 0.153 e. The first-order valence-corrected chi connectivity index (χ1v) is 6.87. The molecule has 0 amide bonds. The molecule has 4 rings (SSSR count). The quantitative estimate of drug-likeness (QED) is 0.789. The number of aromatic nitrogens is 3. The number of halogens is 1. The van der Waals surface area contributed by atoms with Gasteiger partial charge in [-0.3, -0.25) is 10.4 Å². The van der Waals surface area contributed by atoms with Crippen molar-refractivity contribution in [2.45, 2.75) is 6.54 Å². The molecular formula is C16H12FN5. The Bertz CT molecular complexity index is 837. The Morgan fingerprint density at radius 3 is 2.55 bits per heavy atom. The maximum absolute atomic E-state index is 13.2. The summed E-state index contributed by atoms with van der Waals surface area (Å²) in [4.78, 5) is 4.04. The molecule has 0 unspecified atom stereocenters. The third kappa shape index (κ3) is 2.05. The van der Waals surface area contributed by atoms with Crippen LogP contribution in [0.3, 0.4) is 0 Å². The maximum Gasteiger partial charge on any atom is 0.153 e. The first kappa shape index (κ1) is 12.7. The van der Waals surface area contributed by atoms with E-state index in [1.165, 1.54) is 12.1 Å². The van der Waals surface area contributed by atoms with E-state index in [0.29, 0.717) is 6.54 Å². The number of hydrazone groups is 1. The molecule has 1 aliphatic heterocycles. The van der Waals surface area contributed by atoms with Gasteiger partial charge in [0.2, 0.25) is 0 Å². The van der Waals surface area contributed by atoms with E-state index < -0.39 is 0 Å². The van der Waals surface area contributed by atoms with Crippen LogP contribution in [0.2, 0.25) is 0 Å². The van der Waals surface area contributed by atoms with Crippen molar-refractivity contribution in [1.82, 2.24) is 14.8 Å². The standard InChI is InChI=1S/C16H12FN5/c17-13-3-1-11(2-4-13)14-15(12-5-7-18-8-6-12)21-22-10-9-19-20-16(14)22/h1-9,20H,10H2. The van der Waals surface area contributed by atoms with Gasteiger partial charge in [-0.25, -0.2) is 9.07 Å². The van der Waals surface area contributed by atoms with Gasteiger partial charge in [-0.1, -0.05) is 12.1 Å². The van der Waals surface area contributed by atoms with Crippen LogP contribution >= 0.6 is 0 Å². The van der Waals surface area contributed by atoms with Gasteiger partial charge in [0.25, 0.3) is 0 Å². The lowest BCUT2D eigenvalue weighted by Crippen LogP contribution is -2.11. The largest absolute Gasteiger partial charge is 0.265 e. The molecule has 22 heavy (non-hydrogen) atoms. The molecule has 0 spiro atoms. The van der Waals surface area contributed by atoms with E-state index in [9.17, 15) is 4.39 Å². The molecule has 5 nitrogen and oxygen atoms in total. The number of hydrogen-bond donors (Lipinski definition) is 1. The Kier molecular flexibility index (Phi) is 2.93. The summed E-state index contributed by atoms with van der Waals surface area (Å²) in [6, 6.07) is 10.2. The fourth-order valence-electron chi connectivity index (χ4n) is 2.53. The molecule has 1 N–H and O–H groups in total. The molecule has 3 aromatic rings. The van der Waals surface area contributed by atoms with E-state index in [1.807, 2.05) is 16.8 Å². The lowest BCUT2D eigenvalue weighted by Gasteiger charge is -2.11. The third-order valence-corrected chi connectivity index (χ3v) is 3.56. The van der Waals surface area contributed by atoms with E-state index in [4.69, 9.17) is 0 Å². The van der Waals surface area contributed by atoms with Crippen LogP contribution in [0, 0.1) is 5.82 Å². The fraction of sp³-hybridized carbons (Fsp3) is 0.0625. The van der Waals surface area contributed by atoms with Crippen molar-refractivity contribution in [3.05, 3.63) is 54.6 Å². The summed E-state index contributed by atoms with van der Waals surface area (Å²) >= 11 is 0. The molecule has 1 aromatic carbocycles. The van der Waals surface area contributed by atoms with Crippen molar-refractivity contribution < 1.29 is 4.39 Å². The van der Waals surface area contributed by atoms with Gasteiger partial charge in [-0.2, -0.15) is 10.2 Å². The van der Waals surface area contributed by atoms with Crippen LogP contribution in [-0.2, 0) is 6.54 Å². The number of pyridine rings is 1. The fourth-order valence-corrected chi connectivity index (χ4v) is 2.53. The van der Waals surface area contributed by atoms with E-state index in [0.717, 1.165) is 28.2 Å². The van der Waals surface area contributed by atoms with Gasteiger partial charge >= 0.3 is 0 Å². The summed E-state index contributed by atoms with van der Waals surface area (Å²) in [5.74, 6) is 0.544. The van der Waals surface area contributed by atoms with Crippen molar-refractivity contribution in [1.29, 1.82) is 0 Å². The first-order chi connectivity index (χ1) is 10.8. The topological polar surface area (TPSA) is 55.1 Å². The molecule has 108 valence electrons. The van der Waals surface area contributed by atoms with Crippen LogP contribution < -0.4 is 5.43 Å². The molecule has 1 aliphatic rings. The van der Waals surface area contributed by atoms with E-state index >= 15 is 0 Å². The predicted molar refractivity (Wildman–Crippen MR) is 83.0 cm³/mol. The lowest BCUT2D eigenvalue weighted by molar-refractivity contribution is 0.628. The molecular weight excluding hydrogens is 281 g/mol. The van der Waals surface area contributed by atoms with Gasteiger partial charge in [0, 0.05) is 24.2 Å². The van der Waals surface area contributed by atoms with Crippen molar-refractivity contribution in [3.8, 4) is 22.4 Å². The zero-order chi connectivity index (χ0) is 14.9. The first-order valence-electron chi connectivity index (χ1n) is 6.87. The molecule has 0 radical (unpaired) electrons. The molecule has 0 aliphatic carbocycles. The van der Waals surface area contributed by atoms with Crippen molar-refractivity contribution in [3.63, 3.8) is 0 Å². The predicted octanol–water partition coefficient (Wildman–Crippen LogP) is 3.16. The highest BCUT2D eigenvalue weighted by molar-refractivity contribution is 5.90. The molecule has 0 fully saturated rings. The van der Waals surface area contributed by atoms with Gasteiger partial charge in [0.05, 0.1) is 12.1 Å². The highest BCUT2D eigenvalue weighted by Crippen LogP contribution is 2.38. The summed E-state index contributed by atoms with van der Waals surface area (Å²) in [7, 11) is 0. The van der Waals surface area contributed by atoms with E-state index in [2.05, 4.69) is 20.6 Å². The van der Waals surface area contributed by atoms with Gasteiger partial charge < -0.3 is 0 Å². The number of nitrogens with one attached hydrogen (secondary N) is 1. The number of nitrogens with zero attached hydrogens (tertiary/aromatic N) is 4. The Morgan fingerprint density at radius 1 is 1.00 bits per heavy atom. The SMILES string of the molecule is Fc1ccc(-c2c(-c3ccncc3)nn3c2NN=CC3)cc1. The number of fused-ring (bicyclic) bond motifs is 1. The number of hydrogen-bond acceptors (Lipinski definition) is 4. The minimum Gasteiger partial charge on any atom is -0.265 e. The van der Waals surface area contributed by atoms with Crippen molar-refractivity contribution in [2.24, 2.45) is 5.10 Å². The summed E-state index contributed by atoms with van der Waals surface area (Å²) < 4.78 is 15.1. The molecule has 3 heterocycles. The van der Waals surface area contributed by atoms with Crippen LogP contribution in [0.4, 0.5) is 10.2 Å². The van der Waals surface area contributed by atoms with Gasteiger partial charge in [0.15, 0.2) is 5.82 Å². The van der Waals surface area contributed by atoms with E-state index in [-0.39, 0.29) is 5.82 Å². The third-order valence-electron chi connectivity index (χ3n) is 3.56. The number of benzene rings is 1. The second kappa shape index (κ2) is 5.07. The Morgan fingerprint density at radius 2 is 1.77 bits per heavy atom. The van der Waals surface area contributed by atoms with Crippen LogP contribution in [0.15, 0.2) is 53.9 Å². The molecule has 0 saturated heterocycles. The minimum atomic E-state index is -0.263. The molecule has 2 aromatic heterocycles. The van der Waals surface area contributed by atoms with Crippen LogP contribution in [0.25, 0.3) is 22.4 Å². The Balaban J connectivity index is 1.95.